The Balaban J connectivity index is 2.18. The number of ketones is 1. The molecule has 20 heavy (non-hydrogen) atoms. The summed E-state index contributed by atoms with van der Waals surface area (Å²) in [5, 5.41) is 10.9. The predicted octanol–water partition coefficient (Wildman–Crippen LogP) is 2.79. The Hall–Kier alpha value is -2.39. The molecule has 1 unspecified atom stereocenters. The third-order valence-electron chi connectivity index (χ3n) is 3.57. The maximum atomic E-state index is 12.7. The average Bonchev–Trinajstić information content (AvgIpc) is 2.51. The minimum Gasteiger partial charge on any atom is -0.496 e. The van der Waals surface area contributed by atoms with E-state index >= 15 is 0 Å². The molecule has 100 valence electrons. The number of ether oxygens (including phenoxy) is 1. The normalized spacial score (nSPS) is 20.6. The highest BCUT2D eigenvalue weighted by molar-refractivity contribution is 6.09. The van der Waals surface area contributed by atoms with Crippen LogP contribution in [-0.2, 0) is 5.60 Å². The molecule has 2 aromatic rings. The molecule has 1 N–H and O–H groups in total. The maximum Gasteiger partial charge on any atom is 0.203 e. The summed E-state index contributed by atoms with van der Waals surface area (Å²) in [4.78, 5) is 12.7. The molecule has 0 bridgehead atoms. The molecule has 1 aliphatic carbocycles. The molecule has 0 aliphatic heterocycles. The lowest BCUT2D eigenvalue weighted by atomic mass is 9.80. The molecule has 0 amide bonds. The number of carbonyl (C=O) groups excluding carboxylic acids is 1. The first kappa shape index (κ1) is 12.6. The van der Waals surface area contributed by atoms with E-state index in [4.69, 9.17) is 4.74 Å². The van der Waals surface area contributed by atoms with Gasteiger partial charge in [0.2, 0.25) is 5.78 Å². The van der Waals surface area contributed by atoms with Crippen molar-refractivity contribution in [2.24, 2.45) is 0 Å². The van der Waals surface area contributed by atoms with E-state index in [1.807, 2.05) is 12.1 Å². The van der Waals surface area contributed by atoms with Crippen LogP contribution in [0, 0.1) is 0 Å². The highest BCUT2D eigenvalue weighted by Gasteiger charge is 2.40. The number of fused-ring (bicyclic) bond motifs is 1. The highest BCUT2D eigenvalue weighted by atomic mass is 16.5. The molecular formula is C17H14O3. The number of aliphatic hydroxyl groups is 1. The minimum atomic E-state index is -1.68. The van der Waals surface area contributed by atoms with Crippen LogP contribution in [0.25, 0.3) is 6.08 Å². The van der Waals surface area contributed by atoms with Crippen molar-refractivity contribution < 1.29 is 14.6 Å². The molecule has 0 saturated carbocycles. The van der Waals surface area contributed by atoms with Crippen molar-refractivity contribution in [2.45, 2.75) is 5.60 Å². The average molecular weight is 266 g/mol. The molecule has 2 aromatic carbocycles. The number of para-hydroxylation sites is 1. The second-order valence-electron chi connectivity index (χ2n) is 4.72. The van der Waals surface area contributed by atoms with Crippen LogP contribution in [0.3, 0.4) is 0 Å². The zero-order chi connectivity index (χ0) is 14.2. The fourth-order valence-electron chi connectivity index (χ4n) is 2.51. The van der Waals surface area contributed by atoms with Crippen molar-refractivity contribution in [3.05, 3.63) is 71.3 Å². The summed E-state index contributed by atoms with van der Waals surface area (Å²) in [7, 11) is 1.52. The summed E-state index contributed by atoms with van der Waals surface area (Å²) in [5.41, 5.74) is 0.111. The van der Waals surface area contributed by atoms with Crippen molar-refractivity contribution in [3.63, 3.8) is 0 Å². The highest BCUT2D eigenvalue weighted by Crippen LogP contribution is 2.37. The van der Waals surface area contributed by atoms with Crippen LogP contribution in [0.5, 0.6) is 5.75 Å². The predicted molar refractivity (Wildman–Crippen MR) is 76.7 cm³/mol. The number of benzene rings is 2. The Morgan fingerprint density at radius 3 is 2.55 bits per heavy atom. The van der Waals surface area contributed by atoms with Crippen molar-refractivity contribution in [2.75, 3.05) is 7.11 Å². The summed E-state index contributed by atoms with van der Waals surface area (Å²) in [5.74, 6) is 0.160. The summed E-state index contributed by atoms with van der Waals surface area (Å²) < 4.78 is 5.25. The molecule has 3 nitrogen and oxygen atoms in total. The molecule has 0 radical (unpaired) electrons. The standard InChI is InChI=1S/C17H14O3/c1-20-15-9-5-4-8-14(15)17(19)11-10-12-6-2-3-7-13(12)16(17)18/h2-11,19H,1H3. The largest absolute Gasteiger partial charge is 0.496 e. The molecule has 0 saturated heterocycles. The lowest BCUT2D eigenvalue weighted by Crippen LogP contribution is -2.36. The van der Waals surface area contributed by atoms with Crippen LogP contribution in [0.4, 0.5) is 0 Å². The SMILES string of the molecule is COc1ccccc1C1(O)C=Cc2ccccc2C1=O. The summed E-state index contributed by atoms with van der Waals surface area (Å²) in [6.07, 6.45) is 3.29. The monoisotopic (exact) mass is 266 g/mol. The van der Waals surface area contributed by atoms with E-state index in [2.05, 4.69) is 0 Å². The number of hydrogen-bond donors (Lipinski definition) is 1. The lowest BCUT2D eigenvalue weighted by Gasteiger charge is -2.29. The third kappa shape index (κ3) is 1.75. The van der Waals surface area contributed by atoms with Crippen LogP contribution in [0.1, 0.15) is 21.5 Å². The smallest absolute Gasteiger partial charge is 0.203 e. The van der Waals surface area contributed by atoms with E-state index in [-0.39, 0.29) is 5.78 Å². The quantitative estimate of drug-likeness (QED) is 0.909. The van der Waals surface area contributed by atoms with Crippen molar-refractivity contribution in [1.82, 2.24) is 0 Å². The van der Waals surface area contributed by atoms with Gasteiger partial charge in [0.1, 0.15) is 5.75 Å². The maximum absolute atomic E-state index is 12.7. The summed E-state index contributed by atoms with van der Waals surface area (Å²) in [6.45, 7) is 0. The van der Waals surface area contributed by atoms with E-state index in [1.54, 1.807) is 42.5 Å². The van der Waals surface area contributed by atoms with E-state index < -0.39 is 5.60 Å². The number of rotatable bonds is 2. The first-order chi connectivity index (χ1) is 9.66. The van der Waals surface area contributed by atoms with Crippen LogP contribution in [0.15, 0.2) is 54.6 Å². The Labute approximate surface area is 117 Å². The Morgan fingerprint density at radius 1 is 1.05 bits per heavy atom. The van der Waals surface area contributed by atoms with Crippen molar-refractivity contribution in [3.8, 4) is 5.75 Å². The van der Waals surface area contributed by atoms with Gasteiger partial charge in [-0.1, -0.05) is 48.5 Å². The lowest BCUT2D eigenvalue weighted by molar-refractivity contribution is 0.0506. The second-order valence-corrected chi connectivity index (χ2v) is 4.72. The third-order valence-corrected chi connectivity index (χ3v) is 3.57. The van der Waals surface area contributed by atoms with Gasteiger partial charge in [-0.15, -0.1) is 0 Å². The zero-order valence-electron chi connectivity index (χ0n) is 11.0. The van der Waals surface area contributed by atoms with Gasteiger partial charge in [-0.3, -0.25) is 4.79 Å². The van der Waals surface area contributed by atoms with E-state index in [0.29, 0.717) is 16.9 Å². The second kappa shape index (κ2) is 4.62. The fraction of sp³-hybridized carbons (Fsp3) is 0.118. The minimum absolute atomic E-state index is 0.333. The van der Waals surface area contributed by atoms with Gasteiger partial charge in [-0.05, 0) is 17.7 Å². The van der Waals surface area contributed by atoms with E-state index in [1.165, 1.54) is 13.2 Å². The first-order valence-electron chi connectivity index (χ1n) is 6.36. The summed E-state index contributed by atoms with van der Waals surface area (Å²) in [6, 6.07) is 14.2. The number of Topliss-reactive ketones (excluding diaryl/α,β-unsaturated/α-hetero) is 1. The fourth-order valence-corrected chi connectivity index (χ4v) is 2.51. The molecule has 0 spiro atoms. The Bertz CT molecular complexity index is 703. The molecule has 3 heteroatoms. The Morgan fingerprint density at radius 2 is 1.75 bits per heavy atom. The van der Waals surface area contributed by atoms with Gasteiger partial charge in [0.05, 0.1) is 7.11 Å². The van der Waals surface area contributed by atoms with Gasteiger partial charge in [0, 0.05) is 11.1 Å². The van der Waals surface area contributed by atoms with E-state index in [9.17, 15) is 9.90 Å². The van der Waals surface area contributed by atoms with Gasteiger partial charge in [0.25, 0.3) is 0 Å². The van der Waals surface area contributed by atoms with Crippen LogP contribution >= 0.6 is 0 Å². The van der Waals surface area contributed by atoms with Crippen LogP contribution < -0.4 is 4.74 Å². The van der Waals surface area contributed by atoms with Crippen molar-refractivity contribution >= 4 is 11.9 Å². The van der Waals surface area contributed by atoms with Gasteiger partial charge in [-0.2, -0.15) is 0 Å². The molecule has 3 rings (SSSR count). The van der Waals surface area contributed by atoms with Gasteiger partial charge in [0.15, 0.2) is 5.60 Å². The molecule has 0 aromatic heterocycles. The van der Waals surface area contributed by atoms with Gasteiger partial charge < -0.3 is 9.84 Å². The first-order valence-corrected chi connectivity index (χ1v) is 6.36. The zero-order valence-corrected chi connectivity index (χ0v) is 11.0. The Kier molecular flexibility index (Phi) is 2.92. The molecule has 1 atom stereocenters. The molecule has 1 aliphatic rings. The van der Waals surface area contributed by atoms with Gasteiger partial charge >= 0.3 is 0 Å². The topological polar surface area (TPSA) is 46.5 Å². The molecular weight excluding hydrogens is 252 g/mol. The number of methoxy groups -OCH3 is 1. The van der Waals surface area contributed by atoms with Crippen LogP contribution in [0.2, 0.25) is 0 Å². The van der Waals surface area contributed by atoms with Crippen LogP contribution in [-0.4, -0.2) is 18.0 Å². The summed E-state index contributed by atoms with van der Waals surface area (Å²) >= 11 is 0. The number of carbonyl (C=O) groups is 1. The van der Waals surface area contributed by atoms with E-state index in [0.717, 1.165) is 5.56 Å². The van der Waals surface area contributed by atoms with Gasteiger partial charge in [-0.25, -0.2) is 0 Å². The number of hydrogen-bond acceptors (Lipinski definition) is 3. The molecule has 0 heterocycles. The van der Waals surface area contributed by atoms with Crippen molar-refractivity contribution in [1.29, 1.82) is 0 Å². The molecule has 0 fully saturated rings.